The number of aryl methyl sites for hydroxylation is 2. The fourth-order valence-corrected chi connectivity index (χ4v) is 3.23. The summed E-state index contributed by atoms with van der Waals surface area (Å²) in [5.74, 6) is -0.0482. The van der Waals surface area contributed by atoms with Gasteiger partial charge in [0.2, 0.25) is 5.91 Å². The Hall–Kier alpha value is -2.14. The molecule has 1 aliphatic heterocycles. The average Bonchev–Trinajstić information content (AvgIpc) is 2.89. The van der Waals surface area contributed by atoms with Crippen molar-refractivity contribution in [3.05, 3.63) is 51.2 Å². The van der Waals surface area contributed by atoms with Crippen LogP contribution < -0.4 is 10.6 Å². The molecular formula is C16H16N2O2S. The number of thiophene rings is 1. The van der Waals surface area contributed by atoms with E-state index in [2.05, 4.69) is 21.4 Å². The molecule has 3 rings (SSSR count). The van der Waals surface area contributed by atoms with Crippen LogP contribution in [0.3, 0.4) is 0 Å². The first-order chi connectivity index (χ1) is 10.1. The SMILES string of the molecule is Cc1cscc1CNC(=O)c1ccc2c(c1)CCC(=O)N2. The molecule has 5 heteroatoms. The van der Waals surface area contributed by atoms with Crippen molar-refractivity contribution in [3.63, 3.8) is 0 Å². The van der Waals surface area contributed by atoms with Crippen molar-refractivity contribution in [1.82, 2.24) is 5.32 Å². The summed E-state index contributed by atoms with van der Waals surface area (Å²) in [6.07, 6.45) is 1.16. The molecule has 0 fully saturated rings. The lowest BCUT2D eigenvalue weighted by Crippen LogP contribution is -2.24. The molecule has 0 unspecified atom stereocenters. The Morgan fingerprint density at radius 2 is 2.19 bits per heavy atom. The summed E-state index contributed by atoms with van der Waals surface area (Å²) in [7, 11) is 0. The fraction of sp³-hybridized carbons (Fsp3) is 0.250. The molecular weight excluding hydrogens is 284 g/mol. The molecule has 0 saturated heterocycles. The molecule has 108 valence electrons. The smallest absolute Gasteiger partial charge is 0.251 e. The zero-order chi connectivity index (χ0) is 14.8. The number of rotatable bonds is 3. The van der Waals surface area contributed by atoms with E-state index in [1.54, 1.807) is 23.5 Å². The Bertz CT molecular complexity index is 706. The van der Waals surface area contributed by atoms with Gasteiger partial charge in [-0.1, -0.05) is 0 Å². The molecule has 0 spiro atoms. The van der Waals surface area contributed by atoms with E-state index in [9.17, 15) is 9.59 Å². The summed E-state index contributed by atoms with van der Waals surface area (Å²) in [5, 5.41) is 9.88. The molecule has 0 bridgehead atoms. The first-order valence-electron chi connectivity index (χ1n) is 6.86. The molecule has 0 aliphatic carbocycles. The molecule has 4 nitrogen and oxygen atoms in total. The highest BCUT2D eigenvalue weighted by molar-refractivity contribution is 7.08. The summed E-state index contributed by atoms with van der Waals surface area (Å²) >= 11 is 1.64. The van der Waals surface area contributed by atoms with Crippen LogP contribution in [0.15, 0.2) is 29.0 Å². The van der Waals surface area contributed by atoms with Gasteiger partial charge in [-0.3, -0.25) is 9.59 Å². The van der Waals surface area contributed by atoms with Crippen molar-refractivity contribution in [3.8, 4) is 0 Å². The Kier molecular flexibility index (Phi) is 3.75. The topological polar surface area (TPSA) is 58.2 Å². The van der Waals surface area contributed by atoms with E-state index >= 15 is 0 Å². The van der Waals surface area contributed by atoms with Gasteiger partial charge in [0, 0.05) is 24.2 Å². The Morgan fingerprint density at radius 1 is 1.33 bits per heavy atom. The Balaban J connectivity index is 1.70. The minimum atomic E-state index is -0.0831. The maximum absolute atomic E-state index is 12.2. The number of amides is 2. The third-order valence-corrected chi connectivity index (χ3v) is 4.57. The molecule has 0 saturated carbocycles. The third kappa shape index (κ3) is 2.97. The molecule has 1 aromatic heterocycles. The average molecular weight is 300 g/mol. The number of hydrogen-bond acceptors (Lipinski definition) is 3. The number of hydrogen-bond donors (Lipinski definition) is 2. The van der Waals surface area contributed by atoms with Gasteiger partial charge in [0.1, 0.15) is 0 Å². The molecule has 21 heavy (non-hydrogen) atoms. The van der Waals surface area contributed by atoms with Crippen LogP contribution in [0.5, 0.6) is 0 Å². The number of anilines is 1. The van der Waals surface area contributed by atoms with Crippen LogP contribution in [0.25, 0.3) is 0 Å². The van der Waals surface area contributed by atoms with E-state index in [4.69, 9.17) is 0 Å². The first kappa shape index (κ1) is 13.8. The van der Waals surface area contributed by atoms with Gasteiger partial charge < -0.3 is 10.6 Å². The second kappa shape index (κ2) is 5.69. The van der Waals surface area contributed by atoms with Crippen LogP contribution in [-0.4, -0.2) is 11.8 Å². The van der Waals surface area contributed by atoms with Gasteiger partial charge in [0.25, 0.3) is 5.91 Å². The Labute approximate surface area is 127 Å². The minimum absolute atomic E-state index is 0.0348. The van der Waals surface area contributed by atoms with Crippen LogP contribution in [0.2, 0.25) is 0 Å². The van der Waals surface area contributed by atoms with Crippen LogP contribution in [0, 0.1) is 6.92 Å². The lowest BCUT2D eigenvalue weighted by Gasteiger charge is -2.17. The largest absolute Gasteiger partial charge is 0.348 e. The zero-order valence-electron chi connectivity index (χ0n) is 11.7. The summed E-state index contributed by atoms with van der Waals surface area (Å²) in [6, 6.07) is 5.42. The number of carbonyl (C=O) groups is 2. The highest BCUT2D eigenvalue weighted by atomic mass is 32.1. The number of carbonyl (C=O) groups excluding carboxylic acids is 2. The molecule has 1 aliphatic rings. The predicted molar refractivity (Wildman–Crippen MR) is 83.6 cm³/mol. The Morgan fingerprint density at radius 3 is 2.95 bits per heavy atom. The van der Waals surface area contributed by atoms with Crippen LogP contribution in [0.1, 0.15) is 33.5 Å². The summed E-state index contributed by atoms with van der Waals surface area (Å²) in [6.45, 7) is 2.58. The van der Waals surface area contributed by atoms with E-state index in [0.29, 0.717) is 24.9 Å². The van der Waals surface area contributed by atoms with E-state index < -0.39 is 0 Å². The summed E-state index contributed by atoms with van der Waals surface area (Å²) in [4.78, 5) is 23.5. The van der Waals surface area contributed by atoms with Crippen molar-refractivity contribution in [1.29, 1.82) is 0 Å². The molecule has 2 amide bonds. The van der Waals surface area contributed by atoms with Gasteiger partial charge in [-0.05, 0) is 59.0 Å². The molecule has 1 aromatic carbocycles. The van der Waals surface area contributed by atoms with Gasteiger partial charge in [-0.25, -0.2) is 0 Å². The highest BCUT2D eigenvalue weighted by Crippen LogP contribution is 2.23. The monoisotopic (exact) mass is 300 g/mol. The van der Waals surface area contributed by atoms with E-state index in [0.717, 1.165) is 16.8 Å². The maximum Gasteiger partial charge on any atom is 0.251 e. The second-order valence-electron chi connectivity index (χ2n) is 5.18. The summed E-state index contributed by atoms with van der Waals surface area (Å²) in [5.41, 5.74) is 4.83. The van der Waals surface area contributed by atoms with Gasteiger partial charge in [-0.15, -0.1) is 0 Å². The quantitative estimate of drug-likeness (QED) is 0.915. The molecule has 2 N–H and O–H groups in total. The van der Waals surface area contributed by atoms with Gasteiger partial charge in [0.05, 0.1) is 0 Å². The zero-order valence-corrected chi connectivity index (χ0v) is 12.5. The second-order valence-corrected chi connectivity index (χ2v) is 5.93. The van der Waals surface area contributed by atoms with Crippen molar-refractivity contribution in [2.75, 3.05) is 5.32 Å². The minimum Gasteiger partial charge on any atom is -0.348 e. The first-order valence-corrected chi connectivity index (χ1v) is 7.80. The summed E-state index contributed by atoms with van der Waals surface area (Å²) < 4.78 is 0. The van der Waals surface area contributed by atoms with Gasteiger partial charge in [-0.2, -0.15) is 11.3 Å². The molecule has 2 aromatic rings. The lowest BCUT2D eigenvalue weighted by atomic mass is 10.00. The maximum atomic E-state index is 12.2. The van der Waals surface area contributed by atoms with E-state index in [1.165, 1.54) is 5.56 Å². The van der Waals surface area contributed by atoms with E-state index in [-0.39, 0.29) is 11.8 Å². The highest BCUT2D eigenvalue weighted by Gasteiger charge is 2.16. The molecule has 2 heterocycles. The molecule has 0 atom stereocenters. The van der Waals surface area contributed by atoms with Gasteiger partial charge >= 0.3 is 0 Å². The lowest BCUT2D eigenvalue weighted by molar-refractivity contribution is -0.116. The normalized spacial score (nSPS) is 13.5. The number of nitrogens with one attached hydrogen (secondary N) is 2. The van der Waals surface area contributed by atoms with E-state index in [1.807, 2.05) is 13.0 Å². The van der Waals surface area contributed by atoms with Gasteiger partial charge in [0.15, 0.2) is 0 Å². The van der Waals surface area contributed by atoms with Crippen LogP contribution in [-0.2, 0) is 17.8 Å². The van der Waals surface area contributed by atoms with Crippen molar-refractivity contribution < 1.29 is 9.59 Å². The fourth-order valence-electron chi connectivity index (χ4n) is 2.37. The predicted octanol–water partition coefficient (Wildman–Crippen LogP) is 2.87. The van der Waals surface area contributed by atoms with Crippen LogP contribution in [0.4, 0.5) is 5.69 Å². The number of benzene rings is 1. The van der Waals surface area contributed by atoms with Crippen molar-refractivity contribution in [2.45, 2.75) is 26.3 Å². The standard InChI is InChI=1S/C16H16N2O2S/c1-10-8-21-9-13(10)7-17-16(20)12-2-4-14-11(6-12)3-5-15(19)18-14/h2,4,6,8-9H,3,5,7H2,1H3,(H,17,20)(H,18,19). The van der Waals surface area contributed by atoms with Crippen molar-refractivity contribution >= 4 is 28.8 Å². The van der Waals surface area contributed by atoms with Crippen molar-refractivity contribution in [2.24, 2.45) is 0 Å². The molecule has 0 radical (unpaired) electrons. The van der Waals surface area contributed by atoms with Crippen LogP contribution >= 0.6 is 11.3 Å². The third-order valence-electron chi connectivity index (χ3n) is 3.66. The number of fused-ring (bicyclic) bond motifs is 1.